The maximum atomic E-state index is 5.74. The second-order valence-electron chi connectivity index (χ2n) is 5.09. The minimum atomic E-state index is 0.0469. The molecule has 0 aliphatic rings. The molecule has 0 bridgehead atoms. The lowest BCUT2D eigenvalue weighted by Crippen LogP contribution is -2.19. The van der Waals surface area contributed by atoms with Gasteiger partial charge in [0, 0.05) is 13.2 Å². The Hall–Kier alpha value is -1.14. The molecule has 0 radical (unpaired) electrons. The highest BCUT2D eigenvalue weighted by Crippen LogP contribution is 2.28. The fourth-order valence-corrected chi connectivity index (χ4v) is 2.25. The summed E-state index contributed by atoms with van der Waals surface area (Å²) in [6.07, 6.45) is 1.05. The van der Waals surface area contributed by atoms with Crippen molar-refractivity contribution in [2.75, 3.05) is 25.1 Å². The number of pyridine rings is 1. The van der Waals surface area contributed by atoms with Crippen molar-refractivity contribution in [3.63, 3.8) is 0 Å². The van der Waals surface area contributed by atoms with Crippen LogP contribution in [0.15, 0.2) is 15.5 Å². The zero-order valence-corrected chi connectivity index (χ0v) is 15.7. The van der Waals surface area contributed by atoms with Gasteiger partial charge in [-0.25, -0.2) is 4.98 Å². The Bertz CT molecular complexity index is 506. The fraction of sp³-hybridized carbons (Fsp3) is 0.625. The van der Waals surface area contributed by atoms with Gasteiger partial charge < -0.3 is 14.8 Å². The zero-order valence-electron chi connectivity index (χ0n) is 14.1. The van der Waals surface area contributed by atoms with E-state index >= 15 is 0 Å². The van der Waals surface area contributed by atoms with Crippen molar-refractivity contribution in [1.29, 1.82) is 0 Å². The standard InChI is InChI=1S/C16H26BrN3O2/c1-6-8-21-11(3)10-22-16-14(17)9-15(12(4)19-16)20-13(5)18-7-2/h9,11H,6-8,10H2,1-5H3,(H,18,20). The largest absolute Gasteiger partial charge is 0.474 e. The van der Waals surface area contributed by atoms with Crippen LogP contribution in [-0.2, 0) is 4.74 Å². The number of anilines is 1. The molecule has 0 saturated heterocycles. The average Bonchev–Trinajstić information content (AvgIpc) is 2.47. The molecule has 22 heavy (non-hydrogen) atoms. The summed E-state index contributed by atoms with van der Waals surface area (Å²) in [4.78, 5) is 8.81. The Morgan fingerprint density at radius 1 is 1.45 bits per heavy atom. The van der Waals surface area contributed by atoms with Gasteiger partial charge >= 0.3 is 0 Å². The number of hydrogen-bond acceptors (Lipinski definition) is 4. The predicted molar refractivity (Wildman–Crippen MR) is 95.1 cm³/mol. The van der Waals surface area contributed by atoms with Crippen molar-refractivity contribution in [3.8, 4) is 5.88 Å². The minimum Gasteiger partial charge on any atom is -0.474 e. The van der Waals surface area contributed by atoms with E-state index in [1.165, 1.54) is 0 Å². The van der Waals surface area contributed by atoms with Crippen LogP contribution in [0.1, 0.15) is 39.8 Å². The van der Waals surface area contributed by atoms with E-state index in [2.05, 4.69) is 38.1 Å². The Morgan fingerprint density at radius 3 is 2.82 bits per heavy atom. The van der Waals surface area contributed by atoms with Crippen molar-refractivity contribution in [2.45, 2.75) is 47.1 Å². The van der Waals surface area contributed by atoms with Gasteiger partial charge in [-0.3, -0.25) is 4.99 Å². The molecule has 0 aromatic carbocycles. The Labute approximate surface area is 141 Å². The number of rotatable bonds is 8. The van der Waals surface area contributed by atoms with Crippen LogP contribution in [0.4, 0.5) is 5.69 Å². The lowest BCUT2D eigenvalue weighted by atomic mass is 10.3. The lowest BCUT2D eigenvalue weighted by Gasteiger charge is -2.16. The monoisotopic (exact) mass is 371 g/mol. The maximum absolute atomic E-state index is 5.74. The highest BCUT2D eigenvalue weighted by molar-refractivity contribution is 9.10. The Kier molecular flexibility index (Phi) is 8.42. The van der Waals surface area contributed by atoms with Gasteiger partial charge in [-0.15, -0.1) is 0 Å². The lowest BCUT2D eigenvalue weighted by molar-refractivity contribution is 0.0313. The summed E-state index contributed by atoms with van der Waals surface area (Å²) in [5.41, 5.74) is 1.79. The molecule has 0 saturated carbocycles. The van der Waals surface area contributed by atoms with Crippen molar-refractivity contribution < 1.29 is 9.47 Å². The Balaban J connectivity index is 2.71. The molecule has 1 rings (SSSR count). The topological polar surface area (TPSA) is 55.7 Å². The van der Waals surface area contributed by atoms with E-state index in [0.29, 0.717) is 12.5 Å². The number of aryl methyl sites for hydroxylation is 1. The molecule has 1 heterocycles. The molecule has 1 aromatic rings. The summed E-state index contributed by atoms with van der Waals surface area (Å²) in [6.45, 7) is 12.0. The van der Waals surface area contributed by atoms with Gasteiger partial charge in [0.1, 0.15) is 6.61 Å². The van der Waals surface area contributed by atoms with E-state index in [1.807, 2.05) is 33.8 Å². The molecule has 0 amide bonds. The van der Waals surface area contributed by atoms with E-state index in [-0.39, 0.29) is 6.10 Å². The fourth-order valence-electron chi connectivity index (χ4n) is 1.82. The normalized spacial score (nSPS) is 13.1. The van der Waals surface area contributed by atoms with E-state index in [1.54, 1.807) is 0 Å². The zero-order chi connectivity index (χ0) is 16.5. The summed E-state index contributed by atoms with van der Waals surface area (Å²) in [6, 6.07) is 1.96. The predicted octanol–water partition coefficient (Wildman–Crippen LogP) is 4.20. The van der Waals surface area contributed by atoms with Crippen molar-refractivity contribution in [3.05, 3.63) is 16.2 Å². The summed E-state index contributed by atoms with van der Waals surface area (Å²) in [7, 11) is 0. The first-order chi connectivity index (χ1) is 10.5. The summed E-state index contributed by atoms with van der Waals surface area (Å²) in [5, 5.41) is 3.25. The Morgan fingerprint density at radius 2 is 2.18 bits per heavy atom. The van der Waals surface area contributed by atoms with Gasteiger partial charge in [0.25, 0.3) is 0 Å². The number of aliphatic imine (C=N–C) groups is 1. The minimum absolute atomic E-state index is 0.0469. The van der Waals surface area contributed by atoms with Crippen LogP contribution in [0.2, 0.25) is 0 Å². The quantitative estimate of drug-likeness (QED) is 0.549. The van der Waals surface area contributed by atoms with E-state index in [4.69, 9.17) is 9.47 Å². The van der Waals surface area contributed by atoms with Crippen LogP contribution < -0.4 is 10.1 Å². The number of nitrogens with zero attached hydrogens (tertiary/aromatic N) is 2. The van der Waals surface area contributed by atoms with Crippen molar-refractivity contribution in [1.82, 2.24) is 4.98 Å². The van der Waals surface area contributed by atoms with Crippen LogP contribution in [0.3, 0.4) is 0 Å². The summed E-state index contributed by atoms with van der Waals surface area (Å²) < 4.78 is 12.1. The molecular weight excluding hydrogens is 346 g/mol. The van der Waals surface area contributed by atoms with Gasteiger partial charge in [-0.1, -0.05) is 6.92 Å². The third kappa shape index (κ3) is 6.32. The summed E-state index contributed by atoms with van der Waals surface area (Å²) in [5.74, 6) is 1.45. The van der Waals surface area contributed by atoms with Crippen LogP contribution in [0, 0.1) is 6.92 Å². The first-order valence-electron chi connectivity index (χ1n) is 7.67. The first kappa shape index (κ1) is 18.9. The van der Waals surface area contributed by atoms with Crippen LogP contribution in [-0.4, -0.2) is 36.7 Å². The van der Waals surface area contributed by atoms with Crippen LogP contribution in [0.25, 0.3) is 0 Å². The number of ether oxygens (including phenoxy) is 2. The molecule has 0 spiro atoms. The first-order valence-corrected chi connectivity index (χ1v) is 8.46. The molecule has 6 heteroatoms. The number of hydrogen-bond donors (Lipinski definition) is 1. The average molecular weight is 372 g/mol. The second kappa shape index (κ2) is 9.79. The third-order valence-electron chi connectivity index (χ3n) is 2.91. The van der Waals surface area contributed by atoms with E-state index in [9.17, 15) is 0 Å². The molecule has 124 valence electrons. The smallest absolute Gasteiger partial charge is 0.228 e. The molecule has 1 N–H and O–H groups in total. The van der Waals surface area contributed by atoms with E-state index < -0.39 is 0 Å². The molecule has 5 nitrogen and oxygen atoms in total. The summed E-state index contributed by atoms with van der Waals surface area (Å²) >= 11 is 3.50. The molecular formula is C16H26BrN3O2. The SMILES string of the molecule is CCCOC(C)COc1nc(C)c(NC(C)=NCC)cc1Br. The molecule has 0 fully saturated rings. The third-order valence-corrected chi connectivity index (χ3v) is 3.47. The van der Waals surface area contributed by atoms with Crippen molar-refractivity contribution in [2.24, 2.45) is 4.99 Å². The molecule has 1 aromatic heterocycles. The number of amidine groups is 1. The van der Waals surface area contributed by atoms with Gasteiger partial charge in [0.2, 0.25) is 5.88 Å². The van der Waals surface area contributed by atoms with E-state index in [0.717, 1.165) is 41.3 Å². The number of aromatic nitrogens is 1. The van der Waals surface area contributed by atoms with Gasteiger partial charge in [0.15, 0.2) is 0 Å². The van der Waals surface area contributed by atoms with Gasteiger partial charge in [-0.05, 0) is 56.1 Å². The number of nitrogens with one attached hydrogen (secondary N) is 1. The van der Waals surface area contributed by atoms with Gasteiger partial charge in [-0.2, -0.15) is 0 Å². The second-order valence-corrected chi connectivity index (χ2v) is 5.94. The highest BCUT2D eigenvalue weighted by Gasteiger charge is 2.11. The van der Waals surface area contributed by atoms with Gasteiger partial charge in [0.05, 0.1) is 27.8 Å². The van der Waals surface area contributed by atoms with Crippen molar-refractivity contribution >= 4 is 27.5 Å². The molecule has 1 atom stereocenters. The highest BCUT2D eigenvalue weighted by atomic mass is 79.9. The molecule has 1 unspecified atom stereocenters. The van der Waals surface area contributed by atoms with Crippen LogP contribution in [0.5, 0.6) is 5.88 Å². The number of halogens is 1. The molecule has 0 aliphatic carbocycles. The maximum Gasteiger partial charge on any atom is 0.228 e. The van der Waals surface area contributed by atoms with Crippen LogP contribution >= 0.6 is 15.9 Å². The molecule has 0 aliphatic heterocycles.